The van der Waals surface area contributed by atoms with Gasteiger partial charge in [0.1, 0.15) is 0 Å². The average Bonchev–Trinajstić information content (AvgIpc) is 2.99. The van der Waals surface area contributed by atoms with Gasteiger partial charge in [-0.15, -0.1) is 0 Å². The van der Waals surface area contributed by atoms with Crippen LogP contribution in [0.2, 0.25) is 0 Å². The van der Waals surface area contributed by atoms with E-state index in [0.29, 0.717) is 5.92 Å². The third-order valence-corrected chi connectivity index (χ3v) is 6.51. The van der Waals surface area contributed by atoms with Gasteiger partial charge in [-0.3, -0.25) is 4.79 Å². The molecule has 0 unspecified atom stereocenters. The zero-order valence-electron chi connectivity index (χ0n) is 14.3. The highest BCUT2D eigenvalue weighted by Gasteiger charge is 2.27. The Morgan fingerprint density at radius 3 is 2.70 bits per heavy atom. The molecule has 0 radical (unpaired) electrons. The number of rotatable bonds is 10. The molecule has 1 aliphatic carbocycles. The number of carboxylic acids is 1. The van der Waals surface area contributed by atoms with Crippen LogP contribution in [-0.2, 0) is 9.53 Å². The molecule has 1 saturated heterocycles. The van der Waals surface area contributed by atoms with Crippen molar-refractivity contribution in [1.82, 2.24) is 0 Å². The number of carboxylic acid groups (broad SMARTS) is 1. The minimum absolute atomic E-state index is 0.276. The monoisotopic (exact) mass is 340 g/mol. The van der Waals surface area contributed by atoms with Crippen LogP contribution in [0.3, 0.4) is 0 Å². The standard InChI is InChI=1S/C19H32O3S/c20-19(21)11-7-2-1-4-8-16-14-22-15-17(16)12-13-23-18-9-5-3-6-10-18/h1,4,16-18H,2-3,5-15H2,(H,20,21)/b4-1-/t16-,17+/m0/s1. The zero-order valence-corrected chi connectivity index (χ0v) is 15.1. The minimum Gasteiger partial charge on any atom is -0.481 e. The van der Waals surface area contributed by atoms with Crippen LogP contribution >= 0.6 is 11.8 Å². The topological polar surface area (TPSA) is 46.5 Å². The van der Waals surface area contributed by atoms with Gasteiger partial charge in [-0.2, -0.15) is 11.8 Å². The molecule has 1 saturated carbocycles. The minimum atomic E-state index is -0.696. The summed E-state index contributed by atoms with van der Waals surface area (Å²) < 4.78 is 5.70. The summed E-state index contributed by atoms with van der Waals surface area (Å²) in [6.07, 6.45) is 15.8. The van der Waals surface area contributed by atoms with E-state index >= 15 is 0 Å². The summed E-state index contributed by atoms with van der Waals surface area (Å²) >= 11 is 2.19. The summed E-state index contributed by atoms with van der Waals surface area (Å²) in [4.78, 5) is 10.5. The lowest BCUT2D eigenvalue weighted by atomic mass is 9.90. The third-order valence-electron chi connectivity index (χ3n) is 5.09. The highest BCUT2D eigenvalue weighted by Crippen LogP contribution is 2.32. The van der Waals surface area contributed by atoms with E-state index in [1.54, 1.807) is 0 Å². The molecule has 3 nitrogen and oxygen atoms in total. The van der Waals surface area contributed by atoms with E-state index < -0.39 is 5.97 Å². The van der Waals surface area contributed by atoms with Gasteiger partial charge < -0.3 is 9.84 Å². The number of allylic oxidation sites excluding steroid dienone is 2. The van der Waals surface area contributed by atoms with Gasteiger partial charge in [-0.1, -0.05) is 31.4 Å². The molecule has 1 N–H and O–H groups in total. The number of unbranched alkanes of at least 4 members (excludes halogenated alkanes) is 1. The Morgan fingerprint density at radius 1 is 1.13 bits per heavy atom. The van der Waals surface area contributed by atoms with Crippen molar-refractivity contribution in [2.75, 3.05) is 19.0 Å². The van der Waals surface area contributed by atoms with Crippen LogP contribution in [0, 0.1) is 11.8 Å². The summed E-state index contributed by atoms with van der Waals surface area (Å²) in [5.41, 5.74) is 0. The van der Waals surface area contributed by atoms with E-state index in [-0.39, 0.29) is 6.42 Å². The summed E-state index contributed by atoms with van der Waals surface area (Å²) in [7, 11) is 0. The molecular weight excluding hydrogens is 308 g/mol. The summed E-state index contributed by atoms with van der Waals surface area (Å²) in [5, 5.41) is 9.53. The molecule has 1 aliphatic heterocycles. The quantitative estimate of drug-likeness (QED) is 0.453. The molecule has 2 rings (SSSR count). The lowest BCUT2D eigenvalue weighted by Crippen LogP contribution is -2.14. The molecule has 23 heavy (non-hydrogen) atoms. The van der Waals surface area contributed by atoms with Crippen LogP contribution in [0.4, 0.5) is 0 Å². The Labute approximate surface area is 145 Å². The maximum atomic E-state index is 10.5. The van der Waals surface area contributed by atoms with Crippen molar-refractivity contribution >= 4 is 17.7 Å². The Kier molecular flexibility index (Phi) is 9.13. The fraction of sp³-hybridized carbons (Fsp3) is 0.842. The number of hydrogen-bond acceptors (Lipinski definition) is 3. The zero-order chi connectivity index (χ0) is 16.3. The first-order valence-corrected chi connectivity index (χ1v) is 10.4. The molecule has 4 heteroatoms. The van der Waals surface area contributed by atoms with Crippen molar-refractivity contribution in [2.45, 2.75) is 69.5 Å². The number of hydrogen-bond donors (Lipinski definition) is 1. The largest absolute Gasteiger partial charge is 0.481 e. The molecule has 0 amide bonds. The maximum Gasteiger partial charge on any atom is 0.303 e. The van der Waals surface area contributed by atoms with Gasteiger partial charge in [0.25, 0.3) is 0 Å². The molecular formula is C19H32O3S. The van der Waals surface area contributed by atoms with Gasteiger partial charge in [0.05, 0.1) is 6.61 Å². The molecule has 1 heterocycles. The normalized spacial score (nSPS) is 26.1. The van der Waals surface area contributed by atoms with E-state index in [2.05, 4.69) is 23.9 Å². The second-order valence-corrected chi connectivity index (χ2v) is 8.38. The van der Waals surface area contributed by atoms with Gasteiger partial charge in [0.15, 0.2) is 0 Å². The molecule has 0 bridgehead atoms. The van der Waals surface area contributed by atoms with Gasteiger partial charge in [0, 0.05) is 18.3 Å². The van der Waals surface area contributed by atoms with Crippen LogP contribution in [0.25, 0.3) is 0 Å². The Morgan fingerprint density at radius 2 is 1.91 bits per heavy atom. The van der Waals surface area contributed by atoms with Gasteiger partial charge in [-0.05, 0) is 56.1 Å². The van der Waals surface area contributed by atoms with Gasteiger partial charge >= 0.3 is 5.97 Å². The SMILES string of the molecule is O=C(O)CCC/C=C\C[C@H]1COC[C@H]1CCSC1CCCCC1. The first-order valence-electron chi connectivity index (χ1n) is 9.32. The number of aliphatic carboxylic acids is 1. The van der Waals surface area contributed by atoms with E-state index in [0.717, 1.165) is 43.6 Å². The Bertz CT molecular complexity index is 364. The molecule has 2 fully saturated rings. The maximum absolute atomic E-state index is 10.5. The predicted octanol–water partition coefficient (Wildman–Crippen LogP) is 4.91. The Balaban J connectivity index is 1.56. The summed E-state index contributed by atoms with van der Waals surface area (Å²) in [5.74, 6) is 1.97. The van der Waals surface area contributed by atoms with Gasteiger partial charge in [0.2, 0.25) is 0 Å². The van der Waals surface area contributed by atoms with E-state index in [1.807, 2.05) is 0 Å². The van der Waals surface area contributed by atoms with E-state index in [4.69, 9.17) is 9.84 Å². The second-order valence-electron chi connectivity index (χ2n) is 6.97. The predicted molar refractivity (Wildman–Crippen MR) is 97.0 cm³/mol. The summed E-state index contributed by atoms with van der Waals surface area (Å²) in [6.45, 7) is 1.83. The van der Waals surface area contributed by atoms with Crippen LogP contribution < -0.4 is 0 Å². The summed E-state index contributed by atoms with van der Waals surface area (Å²) in [6, 6.07) is 0. The number of thioether (sulfide) groups is 1. The molecule has 0 aromatic heterocycles. The molecule has 0 aromatic carbocycles. The van der Waals surface area contributed by atoms with Crippen LogP contribution in [0.15, 0.2) is 12.2 Å². The lowest BCUT2D eigenvalue weighted by molar-refractivity contribution is -0.137. The highest BCUT2D eigenvalue weighted by atomic mass is 32.2. The molecule has 2 atom stereocenters. The number of carbonyl (C=O) groups is 1. The van der Waals surface area contributed by atoms with E-state index in [9.17, 15) is 4.79 Å². The Hall–Kier alpha value is -0.480. The fourth-order valence-electron chi connectivity index (χ4n) is 3.60. The van der Waals surface area contributed by atoms with Crippen LogP contribution in [0.5, 0.6) is 0 Å². The van der Waals surface area contributed by atoms with Crippen molar-refractivity contribution in [3.05, 3.63) is 12.2 Å². The second kappa shape index (κ2) is 11.1. The van der Waals surface area contributed by atoms with Crippen molar-refractivity contribution in [3.8, 4) is 0 Å². The van der Waals surface area contributed by atoms with Crippen molar-refractivity contribution in [1.29, 1.82) is 0 Å². The lowest BCUT2D eigenvalue weighted by Gasteiger charge is -2.22. The molecule has 132 valence electrons. The third kappa shape index (κ3) is 7.75. The first kappa shape index (κ1) is 18.9. The van der Waals surface area contributed by atoms with E-state index in [1.165, 1.54) is 44.3 Å². The van der Waals surface area contributed by atoms with Crippen molar-refractivity contribution in [3.63, 3.8) is 0 Å². The fourth-order valence-corrected chi connectivity index (χ4v) is 5.04. The van der Waals surface area contributed by atoms with Crippen molar-refractivity contribution < 1.29 is 14.6 Å². The first-order chi connectivity index (χ1) is 11.3. The highest BCUT2D eigenvalue weighted by molar-refractivity contribution is 7.99. The smallest absolute Gasteiger partial charge is 0.303 e. The molecule has 2 aliphatic rings. The molecule has 0 aromatic rings. The van der Waals surface area contributed by atoms with Gasteiger partial charge in [-0.25, -0.2) is 0 Å². The van der Waals surface area contributed by atoms with Crippen molar-refractivity contribution in [2.24, 2.45) is 11.8 Å². The van der Waals surface area contributed by atoms with Crippen LogP contribution in [-0.4, -0.2) is 35.3 Å². The molecule has 0 spiro atoms. The van der Waals surface area contributed by atoms with Crippen LogP contribution in [0.1, 0.15) is 64.2 Å². The average molecular weight is 341 g/mol. The number of ether oxygens (including phenoxy) is 1.